The van der Waals surface area contributed by atoms with Crippen molar-refractivity contribution in [3.63, 3.8) is 0 Å². The molecule has 0 bridgehead atoms. The number of fused-ring (bicyclic) bond motifs is 8. The van der Waals surface area contributed by atoms with Crippen molar-refractivity contribution in [1.82, 2.24) is 9.13 Å². The number of rotatable bonds is 8. The van der Waals surface area contributed by atoms with E-state index in [0.29, 0.717) is 17.8 Å². The van der Waals surface area contributed by atoms with E-state index in [1.165, 1.54) is 76.7 Å². The quantitative estimate of drug-likeness (QED) is 0.139. The Bertz CT molecular complexity index is 3360. The van der Waals surface area contributed by atoms with E-state index in [2.05, 4.69) is 245 Å². The van der Waals surface area contributed by atoms with Crippen molar-refractivity contribution in [3.05, 3.63) is 211 Å². The molecule has 0 saturated carbocycles. The molecule has 0 saturated heterocycles. The number of hydrogen-bond acceptors (Lipinski definition) is 1. The van der Waals surface area contributed by atoms with Gasteiger partial charge in [0, 0.05) is 32.9 Å². The largest absolute Gasteiger partial charge is 0.458 e. The summed E-state index contributed by atoms with van der Waals surface area (Å²) in [6.07, 6.45) is 0. The number of para-hydroxylation sites is 4. The van der Waals surface area contributed by atoms with Crippen molar-refractivity contribution >= 4 is 66.7 Å². The number of nitrogens with zero attached hydrogens (tertiary/aromatic N) is 2. The third-order valence-corrected chi connectivity index (χ3v) is 14.4. The summed E-state index contributed by atoms with van der Waals surface area (Å²) in [5.74, 6) is 2.96. The fourth-order valence-electron chi connectivity index (χ4n) is 11.0. The minimum Gasteiger partial charge on any atom is -0.458 e. The highest BCUT2D eigenvalue weighted by Gasteiger charge is 2.37. The van der Waals surface area contributed by atoms with E-state index >= 15 is 0 Å². The molecule has 2 aromatic heterocycles. The van der Waals surface area contributed by atoms with Crippen molar-refractivity contribution in [2.75, 3.05) is 0 Å². The second-order valence-corrected chi connectivity index (χ2v) is 19.5. The van der Waals surface area contributed by atoms with Crippen LogP contribution in [0.2, 0.25) is 0 Å². The van der Waals surface area contributed by atoms with Crippen LogP contribution in [0.5, 0.6) is 11.5 Å². The highest BCUT2D eigenvalue weighted by Crippen LogP contribution is 2.38. The van der Waals surface area contributed by atoms with Gasteiger partial charge in [-0.2, -0.15) is 0 Å². The summed E-state index contributed by atoms with van der Waals surface area (Å²) in [5, 5.41) is 5.07. The first kappa shape index (κ1) is 40.9. The Hall–Kier alpha value is -7.56. The van der Waals surface area contributed by atoms with E-state index < -0.39 is 0 Å². The Balaban J connectivity index is 0.973. The van der Waals surface area contributed by atoms with Crippen LogP contribution in [-0.2, 0) is 0 Å². The van der Waals surface area contributed by atoms with Crippen LogP contribution in [0.3, 0.4) is 0 Å². The van der Waals surface area contributed by atoms with Crippen LogP contribution in [-0.4, -0.2) is 15.8 Å². The van der Waals surface area contributed by atoms with Gasteiger partial charge in [0.2, 0.25) is 0 Å². The van der Waals surface area contributed by atoms with Gasteiger partial charge in [-0.1, -0.05) is 180 Å². The number of hydrogen-bond donors (Lipinski definition) is 0. The van der Waals surface area contributed by atoms with Crippen LogP contribution in [0.1, 0.15) is 76.0 Å². The Morgan fingerprint density at radius 2 is 0.701 bits per heavy atom. The number of aromatic nitrogens is 2. The van der Waals surface area contributed by atoms with Gasteiger partial charge < -0.3 is 13.9 Å². The number of ether oxygens (including phenoxy) is 1. The maximum Gasteiger partial charge on any atom is 0.251 e. The lowest BCUT2D eigenvalue weighted by molar-refractivity contribution is 0.488. The summed E-state index contributed by atoms with van der Waals surface area (Å²) >= 11 is 0. The van der Waals surface area contributed by atoms with Crippen molar-refractivity contribution in [3.8, 4) is 45.1 Å². The van der Waals surface area contributed by atoms with E-state index in [0.717, 1.165) is 45.1 Å². The molecule has 0 unspecified atom stereocenters. The minimum absolute atomic E-state index is 0.00761. The molecule has 0 atom stereocenters. The maximum absolute atomic E-state index is 7.17. The topological polar surface area (TPSA) is 19.1 Å². The number of benzene rings is 9. The minimum atomic E-state index is 0.00761. The van der Waals surface area contributed by atoms with Crippen molar-refractivity contribution in [2.24, 2.45) is 0 Å². The summed E-state index contributed by atoms with van der Waals surface area (Å²) < 4.78 is 11.9. The fourth-order valence-corrected chi connectivity index (χ4v) is 11.0. The van der Waals surface area contributed by atoms with Crippen LogP contribution in [0, 0.1) is 0 Å². The normalized spacial score (nSPS) is 12.5. The first-order chi connectivity index (χ1) is 32.7. The predicted molar refractivity (Wildman–Crippen MR) is 286 cm³/mol. The summed E-state index contributed by atoms with van der Waals surface area (Å²) in [5.41, 5.74) is 19.8. The van der Waals surface area contributed by atoms with Crippen LogP contribution in [0.4, 0.5) is 0 Å². The standard InChI is InChI=1S/C63H53BN2O/c1-39(2)46-35-53(40(3)4)63(54(36-46)41(5)6)64-55-33-27-44(42-23-29-47(30-24-42)65-57-19-11-7-15-49(57)50-16-8-12-20-58(50)65)37-61(55)67-62-38-45(28-34-56(62)64)43-25-31-48(32-26-43)66-59-21-13-9-17-51(59)52-18-10-14-22-60(52)66/h7-41H,1-6H3. The summed E-state index contributed by atoms with van der Waals surface area (Å²) in [7, 11) is 0. The predicted octanol–water partition coefficient (Wildman–Crippen LogP) is 15.2. The van der Waals surface area contributed by atoms with E-state index in [1.54, 1.807) is 0 Å². The molecular formula is C63H53BN2O. The van der Waals surface area contributed by atoms with Crippen LogP contribution < -0.4 is 21.1 Å². The lowest BCUT2D eigenvalue weighted by atomic mass is 9.33. The Morgan fingerprint density at radius 1 is 0.358 bits per heavy atom. The summed E-state index contributed by atoms with van der Waals surface area (Å²) in [6, 6.07) is 71.7. The lowest BCUT2D eigenvalue weighted by Crippen LogP contribution is -2.57. The van der Waals surface area contributed by atoms with Gasteiger partial charge in [-0.3, -0.25) is 0 Å². The van der Waals surface area contributed by atoms with Gasteiger partial charge in [-0.15, -0.1) is 0 Å². The molecule has 0 spiro atoms. The van der Waals surface area contributed by atoms with Gasteiger partial charge in [0.1, 0.15) is 11.5 Å². The second kappa shape index (κ2) is 16.1. The van der Waals surface area contributed by atoms with Gasteiger partial charge >= 0.3 is 0 Å². The zero-order valence-electron chi connectivity index (χ0n) is 39.1. The molecule has 12 rings (SSSR count). The van der Waals surface area contributed by atoms with Gasteiger partial charge in [-0.05, 0) is 128 Å². The van der Waals surface area contributed by atoms with E-state index in [1.807, 2.05) is 0 Å². The molecule has 3 heterocycles. The fraction of sp³-hybridized carbons (Fsp3) is 0.143. The SMILES string of the molecule is CC(C)c1cc(C(C)C)c(B2c3ccc(-c4ccc(-n5c6ccccc6c6ccccc65)cc4)cc3Oc3cc(-c4ccc(-n5c6ccccc6c6ccccc65)cc4)ccc32)c(C(C)C)c1. The van der Waals surface area contributed by atoms with Crippen molar-refractivity contribution in [2.45, 2.75) is 59.3 Å². The molecular weight excluding hydrogens is 812 g/mol. The van der Waals surface area contributed by atoms with Crippen LogP contribution in [0.15, 0.2) is 194 Å². The molecule has 0 aliphatic carbocycles. The molecule has 4 heteroatoms. The third-order valence-electron chi connectivity index (χ3n) is 14.4. The molecule has 1 aliphatic rings. The van der Waals surface area contributed by atoms with Crippen molar-refractivity contribution in [1.29, 1.82) is 0 Å². The smallest absolute Gasteiger partial charge is 0.251 e. The molecule has 1 aliphatic heterocycles. The molecule has 67 heavy (non-hydrogen) atoms. The molecule has 0 amide bonds. The second-order valence-electron chi connectivity index (χ2n) is 19.5. The van der Waals surface area contributed by atoms with Gasteiger partial charge in [0.25, 0.3) is 6.71 Å². The molecule has 3 nitrogen and oxygen atoms in total. The van der Waals surface area contributed by atoms with Crippen molar-refractivity contribution < 1.29 is 4.74 Å². The Morgan fingerprint density at radius 3 is 1.04 bits per heavy atom. The average Bonchev–Trinajstić information content (AvgIpc) is 3.88. The first-order valence-corrected chi connectivity index (χ1v) is 24.0. The third kappa shape index (κ3) is 6.72. The van der Waals surface area contributed by atoms with Gasteiger partial charge in [0.05, 0.1) is 22.1 Å². The molecule has 9 aromatic carbocycles. The summed E-state index contributed by atoms with van der Waals surface area (Å²) in [4.78, 5) is 0. The Kier molecular flexibility index (Phi) is 9.83. The zero-order valence-corrected chi connectivity index (χ0v) is 39.1. The highest BCUT2D eigenvalue weighted by molar-refractivity contribution is 6.97. The lowest BCUT2D eigenvalue weighted by Gasteiger charge is -2.32. The van der Waals surface area contributed by atoms with E-state index in [4.69, 9.17) is 4.74 Å². The van der Waals surface area contributed by atoms with Gasteiger partial charge in [-0.25, -0.2) is 0 Å². The van der Waals surface area contributed by atoms with E-state index in [9.17, 15) is 0 Å². The molecule has 11 aromatic rings. The monoisotopic (exact) mass is 864 g/mol. The molecule has 324 valence electrons. The zero-order chi connectivity index (χ0) is 45.5. The van der Waals surface area contributed by atoms with Crippen LogP contribution >= 0.6 is 0 Å². The average molecular weight is 865 g/mol. The molecule has 0 fully saturated rings. The van der Waals surface area contributed by atoms with Gasteiger partial charge in [0.15, 0.2) is 0 Å². The van der Waals surface area contributed by atoms with Crippen LogP contribution in [0.25, 0.3) is 77.2 Å². The summed E-state index contributed by atoms with van der Waals surface area (Å²) in [6.45, 7) is 14.1. The molecule has 0 N–H and O–H groups in total. The highest BCUT2D eigenvalue weighted by atomic mass is 16.5. The first-order valence-electron chi connectivity index (χ1n) is 24.0. The Labute approximate surface area is 394 Å². The molecule has 0 radical (unpaired) electrons. The maximum atomic E-state index is 7.17. The van der Waals surface area contributed by atoms with E-state index in [-0.39, 0.29) is 6.71 Å².